The molecule has 1 aromatic heterocycles. The van der Waals surface area contributed by atoms with Gasteiger partial charge in [-0.1, -0.05) is 6.92 Å². The lowest BCUT2D eigenvalue weighted by molar-refractivity contribution is -0.122. The normalized spacial score (nSPS) is 16.3. The molecule has 23 heavy (non-hydrogen) atoms. The average Bonchev–Trinajstić information content (AvgIpc) is 2.86. The minimum absolute atomic E-state index is 0.0766. The third-order valence-corrected chi connectivity index (χ3v) is 4.10. The van der Waals surface area contributed by atoms with Gasteiger partial charge in [-0.25, -0.2) is 0 Å². The van der Waals surface area contributed by atoms with Gasteiger partial charge in [0.15, 0.2) is 0 Å². The largest absolute Gasteiger partial charge is 0.355 e. The molecule has 0 aromatic carbocycles. The monoisotopic (exact) mass is 321 g/mol. The zero-order chi connectivity index (χ0) is 16.8. The van der Waals surface area contributed by atoms with Crippen molar-refractivity contribution in [1.29, 1.82) is 0 Å². The Morgan fingerprint density at radius 3 is 2.61 bits per heavy atom. The van der Waals surface area contributed by atoms with Gasteiger partial charge < -0.3 is 10.6 Å². The van der Waals surface area contributed by atoms with Gasteiger partial charge in [-0.05, 0) is 32.3 Å². The molecule has 1 fully saturated rings. The molecule has 2 heterocycles. The Labute approximate surface area is 137 Å². The molecule has 0 radical (unpaired) electrons. The highest BCUT2D eigenvalue weighted by atomic mass is 16.2. The van der Waals surface area contributed by atoms with E-state index in [4.69, 9.17) is 0 Å². The summed E-state index contributed by atoms with van der Waals surface area (Å²) in [6.07, 6.45) is 2.68. The highest BCUT2D eigenvalue weighted by Gasteiger charge is 2.23. The molecule has 0 bridgehead atoms. The maximum atomic E-state index is 12.3. The van der Waals surface area contributed by atoms with Gasteiger partial charge in [0.2, 0.25) is 5.91 Å². The van der Waals surface area contributed by atoms with Crippen molar-refractivity contribution in [3.63, 3.8) is 0 Å². The van der Waals surface area contributed by atoms with Crippen LogP contribution in [0.2, 0.25) is 0 Å². The number of hydrogen-bond acceptors (Lipinski definition) is 4. The molecule has 1 saturated heterocycles. The summed E-state index contributed by atoms with van der Waals surface area (Å²) in [7, 11) is 1.78. The van der Waals surface area contributed by atoms with Crippen LogP contribution in [0.3, 0.4) is 0 Å². The Bertz CT molecular complexity index is 547. The van der Waals surface area contributed by atoms with Crippen LogP contribution in [0.15, 0.2) is 6.07 Å². The number of carbonyl (C=O) groups excluding carboxylic acids is 2. The van der Waals surface area contributed by atoms with Crippen molar-refractivity contribution in [2.45, 2.75) is 39.2 Å². The van der Waals surface area contributed by atoms with E-state index in [1.807, 2.05) is 13.8 Å². The Morgan fingerprint density at radius 1 is 1.35 bits per heavy atom. The molecule has 2 rings (SSSR count). The van der Waals surface area contributed by atoms with E-state index in [1.54, 1.807) is 17.8 Å². The van der Waals surface area contributed by atoms with Crippen molar-refractivity contribution < 1.29 is 9.59 Å². The van der Waals surface area contributed by atoms with Crippen LogP contribution >= 0.6 is 0 Å². The van der Waals surface area contributed by atoms with E-state index in [0.29, 0.717) is 12.2 Å². The Hall–Kier alpha value is -1.89. The Balaban J connectivity index is 1.75. The zero-order valence-electron chi connectivity index (χ0n) is 14.3. The van der Waals surface area contributed by atoms with E-state index >= 15 is 0 Å². The van der Waals surface area contributed by atoms with E-state index < -0.39 is 0 Å². The lowest BCUT2D eigenvalue weighted by atomic mass is 10.0. The first-order valence-corrected chi connectivity index (χ1v) is 8.30. The fraction of sp³-hybridized carbons (Fsp3) is 0.688. The molecular weight excluding hydrogens is 294 g/mol. The van der Waals surface area contributed by atoms with Gasteiger partial charge in [0, 0.05) is 32.7 Å². The summed E-state index contributed by atoms with van der Waals surface area (Å²) >= 11 is 0. The summed E-state index contributed by atoms with van der Waals surface area (Å²) in [5, 5.41) is 10.2. The molecule has 0 saturated carbocycles. The second-order valence-electron chi connectivity index (χ2n) is 6.17. The summed E-state index contributed by atoms with van der Waals surface area (Å²) in [6, 6.07) is 1.95. The van der Waals surface area contributed by atoms with E-state index in [1.165, 1.54) is 0 Å². The second kappa shape index (κ2) is 8.10. The van der Waals surface area contributed by atoms with Crippen LogP contribution in [0.4, 0.5) is 0 Å². The molecule has 128 valence electrons. The first kappa shape index (κ1) is 17.5. The topological polar surface area (TPSA) is 79.3 Å². The van der Waals surface area contributed by atoms with Gasteiger partial charge in [0.05, 0.1) is 12.2 Å². The third kappa shape index (κ3) is 5.06. The van der Waals surface area contributed by atoms with E-state index in [0.717, 1.165) is 44.6 Å². The lowest BCUT2D eigenvalue weighted by Crippen LogP contribution is -2.47. The molecule has 2 amide bonds. The number of aromatic nitrogens is 2. The molecule has 1 aromatic rings. The van der Waals surface area contributed by atoms with Crippen molar-refractivity contribution >= 4 is 11.8 Å². The number of rotatable bonds is 6. The number of nitrogens with zero attached hydrogens (tertiary/aromatic N) is 3. The van der Waals surface area contributed by atoms with Crippen LogP contribution in [0.25, 0.3) is 0 Å². The fourth-order valence-corrected chi connectivity index (χ4v) is 2.84. The molecule has 0 aliphatic carbocycles. The summed E-state index contributed by atoms with van der Waals surface area (Å²) in [6.45, 7) is 6.75. The van der Waals surface area contributed by atoms with E-state index in [9.17, 15) is 9.59 Å². The van der Waals surface area contributed by atoms with Gasteiger partial charge in [-0.15, -0.1) is 0 Å². The standard InChI is InChI=1S/C16H27N5O2/c1-4-7-17-15(22)11-21-8-5-13(6-9-21)18-16(23)14-10-12(2)19-20(14)3/h10,13H,4-9,11H2,1-3H3,(H,17,22)(H,18,23). The Kier molecular flexibility index (Phi) is 6.15. The van der Waals surface area contributed by atoms with Gasteiger partial charge in [0.1, 0.15) is 5.69 Å². The van der Waals surface area contributed by atoms with Crippen molar-refractivity contribution in [3.8, 4) is 0 Å². The maximum absolute atomic E-state index is 12.3. The van der Waals surface area contributed by atoms with Gasteiger partial charge in [-0.3, -0.25) is 19.2 Å². The Morgan fingerprint density at radius 2 is 2.04 bits per heavy atom. The maximum Gasteiger partial charge on any atom is 0.269 e. The summed E-state index contributed by atoms with van der Waals surface area (Å²) < 4.78 is 1.61. The molecular formula is C16H27N5O2. The number of nitrogens with one attached hydrogen (secondary N) is 2. The minimum atomic E-state index is -0.0766. The van der Waals surface area contributed by atoms with Crippen LogP contribution in [-0.2, 0) is 11.8 Å². The van der Waals surface area contributed by atoms with Crippen molar-refractivity contribution in [3.05, 3.63) is 17.5 Å². The first-order chi connectivity index (χ1) is 11.0. The van der Waals surface area contributed by atoms with Crippen molar-refractivity contribution in [2.75, 3.05) is 26.2 Å². The molecule has 1 aliphatic heterocycles. The van der Waals surface area contributed by atoms with E-state index in [2.05, 4.69) is 20.6 Å². The molecule has 2 N–H and O–H groups in total. The summed E-state index contributed by atoms with van der Waals surface area (Å²) in [4.78, 5) is 26.1. The molecule has 1 aliphatic rings. The minimum Gasteiger partial charge on any atom is -0.355 e. The highest BCUT2D eigenvalue weighted by Crippen LogP contribution is 2.11. The van der Waals surface area contributed by atoms with Crippen LogP contribution in [0.5, 0.6) is 0 Å². The average molecular weight is 321 g/mol. The highest BCUT2D eigenvalue weighted by molar-refractivity contribution is 5.92. The first-order valence-electron chi connectivity index (χ1n) is 8.30. The van der Waals surface area contributed by atoms with Crippen LogP contribution in [-0.4, -0.2) is 58.7 Å². The predicted molar refractivity (Wildman–Crippen MR) is 88.2 cm³/mol. The van der Waals surface area contributed by atoms with Gasteiger partial charge in [0.25, 0.3) is 5.91 Å². The molecule has 0 atom stereocenters. The molecule has 0 unspecified atom stereocenters. The number of carbonyl (C=O) groups is 2. The van der Waals surface area contributed by atoms with Gasteiger partial charge >= 0.3 is 0 Å². The van der Waals surface area contributed by atoms with Crippen molar-refractivity contribution in [1.82, 2.24) is 25.3 Å². The number of piperidine rings is 1. The van der Waals surface area contributed by atoms with Crippen LogP contribution in [0, 0.1) is 6.92 Å². The van der Waals surface area contributed by atoms with Crippen molar-refractivity contribution in [2.24, 2.45) is 7.05 Å². The number of aryl methyl sites for hydroxylation is 2. The van der Waals surface area contributed by atoms with Crippen LogP contribution < -0.4 is 10.6 Å². The van der Waals surface area contributed by atoms with E-state index in [-0.39, 0.29) is 17.9 Å². The SMILES string of the molecule is CCCNC(=O)CN1CCC(NC(=O)c2cc(C)nn2C)CC1. The fourth-order valence-electron chi connectivity index (χ4n) is 2.84. The molecule has 7 nitrogen and oxygen atoms in total. The predicted octanol–water partition coefficient (Wildman–Crippen LogP) is 0.449. The van der Waals surface area contributed by atoms with Crippen LogP contribution in [0.1, 0.15) is 42.4 Å². The number of likely N-dealkylation sites (tertiary alicyclic amines) is 1. The zero-order valence-corrected chi connectivity index (χ0v) is 14.3. The van der Waals surface area contributed by atoms with Gasteiger partial charge in [-0.2, -0.15) is 5.10 Å². The molecule has 0 spiro atoms. The lowest BCUT2D eigenvalue weighted by Gasteiger charge is -2.31. The summed E-state index contributed by atoms with van der Waals surface area (Å²) in [5.74, 6) is 0.00642. The summed E-state index contributed by atoms with van der Waals surface area (Å²) in [5.41, 5.74) is 1.43. The quantitative estimate of drug-likeness (QED) is 0.797. The number of hydrogen-bond donors (Lipinski definition) is 2. The smallest absolute Gasteiger partial charge is 0.269 e. The second-order valence-corrected chi connectivity index (χ2v) is 6.17. The molecule has 7 heteroatoms. The number of amides is 2. The third-order valence-electron chi connectivity index (χ3n) is 4.10.